The molecule has 2 nitrogen and oxygen atoms in total. The lowest BCUT2D eigenvalue weighted by Crippen LogP contribution is -2.00. The second-order valence-electron chi connectivity index (χ2n) is 3.78. The van der Waals surface area contributed by atoms with Crippen LogP contribution in [-0.2, 0) is 6.61 Å². The van der Waals surface area contributed by atoms with Gasteiger partial charge in [-0.2, -0.15) is 11.3 Å². The van der Waals surface area contributed by atoms with E-state index in [1.165, 1.54) is 0 Å². The Hall–Kier alpha value is -0.840. The van der Waals surface area contributed by atoms with E-state index in [9.17, 15) is 5.11 Å². The summed E-state index contributed by atoms with van der Waals surface area (Å²) in [7, 11) is 0. The number of rotatable bonds is 4. The predicted molar refractivity (Wildman–Crippen MR) is 73.4 cm³/mol. The Morgan fingerprint density at radius 2 is 2.24 bits per heavy atom. The highest BCUT2D eigenvalue weighted by atomic mass is 79.9. The van der Waals surface area contributed by atoms with Crippen molar-refractivity contribution in [1.29, 1.82) is 0 Å². The molecule has 0 aliphatic carbocycles. The maximum Gasteiger partial charge on any atom is 0.125 e. The van der Waals surface area contributed by atoms with Gasteiger partial charge >= 0.3 is 0 Å². The van der Waals surface area contributed by atoms with Gasteiger partial charge in [0.15, 0.2) is 0 Å². The quantitative estimate of drug-likeness (QED) is 0.919. The molecule has 1 N–H and O–H groups in total. The van der Waals surface area contributed by atoms with Crippen LogP contribution in [0.5, 0.6) is 5.75 Å². The third-order valence-corrected chi connectivity index (χ3v) is 3.62. The highest BCUT2D eigenvalue weighted by molar-refractivity contribution is 9.10. The summed E-state index contributed by atoms with van der Waals surface area (Å²) < 4.78 is 6.66. The first kappa shape index (κ1) is 12.6. The van der Waals surface area contributed by atoms with Crippen LogP contribution in [0.2, 0.25) is 0 Å². The molecule has 90 valence electrons. The van der Waals surface area contributed by atoms with Crippen molar-refractivity contribution in [2.24, 2.45) is 0 Å². The van der Waals surface area contributed by atoms with Gasteiger partial charge < -0.3 is 9.84 Å². The van der Waals surface area contributed by atoms with Gasteiger partial charge in [0.2, 0.25) is 0 Å². The Kier molecular flexibility index (Phi) is 4.20. The van der Waals surface area contributed by atoms with Gasteiger partial charge in [-0.25, -0.2) is 0 Å². The van der Waals surface area contributed by atoms with Crippen LogP contribution in [0.25, 0.3) is 0 Å². The molecule has 0 saturated carbocycles. The summed E-state index contributed by atoms with van der Waals surface area (Å²) in [6.45, 7) is 2.27. The molecule has 0 amide bonds. The second-order valence-corrected chi connectivity index (χ2v) is 5.47. The van der Waals surface area contributed by atoms with Crippen molar-refractivity contribution in [2.45, 2.75) is 19.6 Å². The number of ether oxygens (including phenoxy) is 1. The Balaban J connectivity index is 2.14. The van der Waals surface area contributed by atoms with Gasteiger partial charge in [-0.15, -0.1) is 0 Å². The molecule has 1 atom stereocenters. The van der Waals surface area contributed by atoms with E-state index >= 15 is 0 Å². The smallest absolute Gasteiger partial charge is 0.125 e. The van der Waals surface area contributed by atoms with Gasteiger partial charge in [0.25, 0.3) is 0 Å². The van der Waals surface area contributed by atoms with Crippen molar-refractivity contribution in [3.63, 3.8) is 0 Å². The number of aliphatic hydroxyl groups excluding tert-OH is 1. The lowest BCUT2D eigenvalue weighted by molar-refractivity contribution is 0.190. The summed E-state index contributed by atoms with van der Waals surface area (Å²) in [6.07, 6.45) is -0.537. The summed E-state index contributed by atoms with van der Waals surface area (Å²) in [6, 6.07) is 7.70. The second kappa shape index (κ2) is 5.67. The first-order valence-electron chi connectivity index (χ1n) is 5.28. The SMILES string of the molecule is C[C@@H](O)c1cc(Br)ccc1OCc1ccsc1. The molecule has 4 heteroatoms. The number of thiophene rings is 1. The lowest BCUT2D eigenvalue weighted by Gasteiger charge is -2.13. The average Bonchev–Trinajstić information content (AvgIpc) is 2.80. The summed E-state index contributed by atoms with van der Waals surface area (Å²) in [5.41, 5.74) is 1.95. The maximum atomic E-state index is 9.69. The van der Waals surface area contributed by atoms with Gasteiger partial charge in [-0.05, 0) is 47.5 Å². The number of hydrogen-bond acceptors (Lipinski definition) is 3. The van der Waals surface area contributed by atoms with Crippen molar-refractivity contribution in [3.05, 3.63) is 50.6 Å². The highest BCUT2D eigenvalue weighted by Crippen LogP contribution is 2.29. The molecule has 2 rings (SSSR count). The third kappa shape index (κ3) is 3.31. The zero-order valence-corrected chi connectivity index (χ0v) is 11.8. The van der Waals surface area contributed by atoms with Gasteiger partial charge in [0, 0.05) is 10.0 Å². The molecule has 1 heterocycles. The van der Waals surface area contributed by atoms with Crippen LogP contribution in [0.15, 0.2) is 39.5 Å². The van der Waals surface area contributed by atoms with E-state index in [0.717, 1.165) is 21.3 Å². The molecule has 0 radical (unpaired) electrons. The van der Waals surface area contributed by atoms with Crippen LogP contribution in [0.3, 0.4) is 0 Å². The molecule has 0 aliphatic heterocycles. The van der Waals surface area contributed by atoms with E-state index in [1.807, 2.05) is 29.6 Å². The molecule has 17 heavy (non-hydrogen) atoms. The summed E-state index contributed by atoms with van der Waals surface area (Å²) in [5, 5.41) is 13.8. The molecule has 0 spiro atoms. The fraction of sp³-hybridized carbons (Fsp3) is 0.231. The molecule has 2 aromatic rings. The Labute approximate surface area is 113 Å². The number of halogens is 1. The number of benzene rings is 1. The Morgan fingerprint density at radius 3 is 2.88 bits per heavy atom. The minimum Gasteiger partial charge on any atom is -0.488 e. The van der Waals surface area contributed by atoms with Crippen LogP contribution in [-0.4, -0.2) is 5.11 Å². The number of hydrogen-bond donors (Lipinski definition) is 1. The van der Waals surface area contributed by atoms with Crippen LogP contribution in [0.4, 0.5) is 0 Å². The molecule has 0 aliphatic rings. The van der Waals surface area contributed by atoms with Crippen LogP contribution >= 0.6 is 27.3 Å². The van der Waals surface area contributed by atoms with E-state index in [4.69, 9.17) is 4.74 Å². The maximum absolute atomic E-state index is 9.69. The van der Waals surface area contributed by atoms with E-state index in [-0.39, 0.29) is 0 Å². The first-order chi connectivity index (χ1) is 8.16. The predicted octanol–water partition coefficient (Wildman–Crippen LogP) is 4.14. The van der Waals surface area contributed by atoms with Crippen molar-refractivity contribution < 1.29 is 9.84 Å². The average molecular weight is 313 g/mol. The van der Waals surface area contributed by atoms with E-state index in [0.29, 0.717) is 6.61 Å². The number of aliphatic hydroxyl groups is 1. The lowest BCUT2D eigenvalue weighted by atomic mass is 10.1. The minimum absolute atomic E-state index is 0.533. The summed E-state index contributed by atoms with van der Waals surface area (Å²) in [5.74, 6) is 0.731. The molecular formula is C13H13BrO2S. The zero-order chi connectivity index (χ0) is 12.3. The fourth-order valence-corrected chi connectivity index (χ4v) is 2.55. The highest BCUT2D eigenvalue weighted by Gasteiger charge is 2.10. The van der Waals surface area contributed by atoms with Crippen molar-refractivity contribution in [2.75, 3.05) is 0 Å². The molecular weight excluding hydrogens is 300 g/mol. The zero-order valence-electron chi connectivity index (χ0n) is 9.39. The normalized spacial score (nSPS) is 12.4. The first-order valence-corrected chi connectivity index (χ1v) is 7.02. The van der Waals surface area contributed by atoms with Crippen LogP contribution in [0.1, 0.15) is 24.2 Å². The Bertz CT molecular complexity index is 480. The molecule has 1 aromatic heterocycles. The van der Waals surface area contributed by atoms with Crippen molar-refractivity contribution in [1.82, 2.24) is 0 Å². The van der Waals surface area contributed by atoms with E-state index < -0.39 is 6.10 Å². The molecule has 0 bridgehead atoms. The van der Waals surface area contributed by atoms with E-state index in [1.54, 1.807) is 18.3 Å². The minimum atomic E-state index is -0.537. The van der Waals surface area contributed by atoms with Crippen molar-refractivity contribution >= 4 is 27.3 Å². The molecule has 1 aromatic carbocycles. The van der Waals surface area contributed by atoms with Crippen LogP contribution < -0.4 is 4.74 Å². The summed E-state index contributed by atoms with van der Waals surface area (Å²) in [4.78, 5) is 0. The molecule has 0 fully saturated rings. The molecule has 0 unspecified atom stereocenters. The Morgan fingerprint density at radius 1 is 1.41 bits per heavy atom. The van der Waals surface area contributed by atoms with Crippen LogP contribution in [0, 0.1) is 0 Å². The summed E-state index contributed by atoms with van der Waals surface area (Å²) >= 11 is 5.04. The van der Waals surface area contributed by atoms with E-state index in [2.05, 4.69) is 21.3 Å². The fourth-order valence-electron chi connectivity index (χ4n) is 1.51. The van der Waals surface area contributed by atoms with Crippen molar-refractivity contribution in [3.8, 4) is 5.75 Å². The van der Waals surface area contributed by atoms with Gasteiger partial charge in [-0.3, -0.25) is 0 Å². The standard InChI is InChI=1S/C13H13BrO2S/c1-9(15)12-6-11(14)2-3-13(12)16-7-10-4-5-17-8-10/h2-6,8-9,15H,7H2,1H3/t9-/m1/s1. The third-order valence-electron chi connectivity index (χ3n) is 2.40. The monoisotopic (exact) mass is 312 g/mol. The van der Waals surface area contributed by atoms with Gasteiger partial charge in [-0.1, -0.05) is 15.9 Å². The topological polar surface area (TPSA) is 29.5 Å². The molecule has 0 saturated heterocycles. The largest absolute Gasteiger partial charge is 0.488 e. The van der Waals surface area contributed by atoms with Gasteiger partial charge in [0.05, 0.1) is 6.10 Å². The van der Waals surface area contributed by atoms with Gasteiger partial charge in [0.1, 0.15) is 12.4 Å².